The van der Waals surface area contributed by atoms with E-state index in [2.05, 4.69) is 16.7 Å². The predicted octanol–water partition coefficient (Wildman–Crippen LogP) is 4.96. The van der Waals surface area contributed by atoms with Gasteiger partial charge in [0, 0.05) is 19.2 Å². The molecule has 2 heterocycles. The molecule has 2 aromatic carbocycles. The zero-order chi connectivity index (χ0) is 28.0. The van der Waals surface area contributed by atoms with Gasteiger partial charge in [0.2, 0.25) is 5.95 Å². The van der Waals surface area contributed by atoms with Crippen LogP contribution in [0.3, 0.4) is 0 Å². The van der Waals surface area contributed by atoms with Crippen molar-refractivity contribution in [2.24, 2.45) is 5.92 Å². The average Bonchev–Trinajstić information content (AvgIpc) is 3.53. The minimum Gasteiger partial charge on any atom is -0.497 e. The largest absolute Gasteiger partial charge is 0.497 e. The third-order valence-electron chi connectivity index (χ3n) is 6.32. The molecule has 1 unspecified atom stereocenters. The molecule has 208 valence electrons. The smallest absolute Gasteiger partial charge is 0.225 e. The molecule has 1 saturated carbocycles. The monoisotopic (exact) mass is 551 g/mol. The molecule has 2 atom stereocenters. The van der Waals surface area contributed by atoms with Crippen LogP contribution in [0, 0.1) is 12.8 Å². The Kier molecular flexibility index (Phi) is 9.34. The molecule has 0 amide bonds. The molecule has 2 aromatic heterocycles. The minimum atomic E-state index is -1.50. The van der Waals surface area contributed by atoms with E-state index >= 15 is 0 Å². The van der Waals surface area contributed by atoms with E-state index in [4.69, 9.17) is 29.9 Å². The molecule has 0 bridgehead atoms. The van der Waals surface area contributed by atoms with Crippen molar-refractivity contribution in [2.75, 3.05) is 24.4 Å². The second kappa shape index (κ2) is 12.7. The van der Waals surface area contributed by atoms with Gasteiger partial charge in [-0.05, 0) is 75.8 Å². The van der Waals surface area contributed by atoms with Crippen molar-refractivity contribution in [3.05, 3.63) is 59.8 Å². The van der Waals surface area contributed by atoms with Gasteiger partial charge in [-0.25, -0.2) is 9.97 Å². The molecule has 10 heteroatoms. The summed E-state index contributed by atoms with van der Waals surface area (Å²) in [5.74, 6) is 1.04. The number of hydrogen-bond donors (Lipinski definition) is 5. The molecule has 39 heavy (non-hydrogen) atoms. The van der Waals surface area contributed by atoms with Gasteiger partial charge >= 0.3 is 0 Å². The Morgan fingerprint density at radius 3 is 2.51 bits per heavy atom. The fourth-order valence-corrected chi connectivity index (χ4v) is 5.58. The number of benzene rings is 2. The van der Waals surface area contributed by atoms with Crippen LogP contribution in [-0.2, 0) is 6.54 Å². The van der Waals surface area contributed by atoms with E-state index in [0.717, 1.165) is 62.9 Å². The van der Waals surface area contributed by atoms with Gasteiger partial charge in [0.05, 0.1) is 28.6 Å². The van der Waals surface area contributed by atoms with Crippen LogP contribution < -0.4 is 15.4 Å². The van der Waals surface area contributed by atoms with Crippen LogP contribution in [0.25, 0.3) is 20.8 Å². The first-order valence-electron chi connectivity index (χ1n) is 13.1. The lowest BCUT2D eigenvalue weighted by molar-refractivity contribution is -0.127. The maximum atomic E-state index is 9.59. The van der Waals surface area contributed by atoms with Crippen LogP contribution in [0.15, 0.2) is 48.5 Å². The van der Waals surface area contributed by atoms with Crippen LogP contribution >= 0.6 is 11.3 Å². The average molecular weight is 552 g/mol. The van der Waals surface area contributed by atoms with E-state index < -0.39 is 5.79 Å². The number of nitrogens with one attached hydrogen (secondary N) is 2. The van der Waals surface area contributed by atoms with E-state index in [1.807, 2.05) is 49.4 Å². The van der Waals surface area contributed by atoms with Gasteiger partial charge in [-0.2, -0.15) is 4.98 Å². The Balaban J connectivity index is 0.000000648. The van der Waals surface area contributed by atoms with Gasteiger partial charge in [-0.3, -0.25) is 0 Å². The maximum Gasteiger partial charge on any atom is 0.225 e. The number of anilines is 2. The molecule has 5 N–H and O–H groups in total. The molecule has 1 fully saturated rings. The van der Waals surface area contributed by atoms with Crippen molar-refractivity contribution >= 4 is 33.3 Å². The SMILES string of the molecule is CC(C)(O)O.COc1cccc(CNc2nc(C)c(-c3nc4ccccc4s3)c(N[C@H]3CCC(CO)C3)n2)c1. The summed E-state index contributed by atoms with van der Waals surface area (Å²) in [5, 5.41) is 33.7. The lowest BCUT2D eigenvalue weighted by Crippen LogP contribution is -2.19. The summed E-state index contributed by atoms with van der Waals surface area (Å²) in [6, 6.07) is 16.4. The number of aromatic nitrogens is 3. The molecule has 0 aliphatic heterocycles. The Hall–Kier alpha value is -3.31. The predicted molar refractivity (Wildman–Crippen MR) is 156 cm³/mol. The van der Waals surface area contributed by atoms with Gasteiger partial charge in [-0.1, -0.05) is 24.3 Å². The second-order valence-electron chi connectivity index (χ2n) is 10.2. The van der Waals surface area contributed by atoms with Crippen LogP contribution in [0.4, 0.5) is 11.8 Å². The molecule has 5 rings (SSSR count). The third-order valence-corrected chi connectivity index (χ3v) is 7.38. The van der Waals surface area contributed by atoms with E-state index in [0.29, 0.717) is 18.4 Å². The summed E-state index contributed by atoms with van der Waals surface area (Å²) in [4.78, 5) is 14.5. The van der Waals surface area contributed by atoms with Crippen LogP contribution in [0.1, 0.15) is 44.4 Å². The highest BCUT2D eigenvalue weighted by molar-refractivity contribution is 7.21. The van der Waals surface area contributed by atoms with Crippen molar-refractivity contribution in [2.45, 2.75) is 58.4 Å². The maximum absolute atomic E-state index is 9.59. The Morgan fingerprint density at radius 1 is 1.05 bits per heavy atom. The highest BCUT2D eigenvalue weighted by atomic mass is 32.1. The van der Waals surface area contributed by atoms with Gasteiger partial charge in [0.25, 0.3) is 0 Å². The zero-order valence-corrected chi connectivity index (χ0v) is 23.6. The van der Waals surface area contributed by atoms with Crippen molar-refractivity contribution in [1.82, 2.24) is 15.0 Å². The Morgan fingerprint density at radius 2 is 1.82 bits per heavy atom. The Labute approximate surface area is 233 Å². The number of nitrogens with zero attached hydrogens (tertiary/aromatic N) is 3. The van der Waals surface area contributed by atoms with E-state index in [-0.39, 0.29) is 12.6 Å². The third kappa shape index (κ3) is 8.09. The van der Waals surface area contributed by atoms with Gasteiger partial charge < -0.3 is 30.7 Å². The van der Waals surface area contributed by atoms with Gasteiger partial charge in [0.1, 0.15) is 16.6 Å². The van der Waals surface area contributed by atoms with Crippen LogP contribution in [0.2, 0.25) is 0 Å². The number of aliphatic hydroxyl groups is 3. The number of thiazole rings is 1. The summed E-state index contributed by atoms with van der Waals surface area (Å²) in [7, 11) is 1.67. The number of rotatable bonds is 8. The molecular weight excluding hydrogens is 514 g/mol. The summed E-state index contributed by atoms with van der Waals surface area (Å²) in [5.41, 5.74) is 3.89. The number of ether oxygens (including phenoxy) is 1. The first kappa shape index (κ1) is 28.7. The molecule has 9 nitrogen and oxygen atoms in total. The number of para-hydroxylation sites is 1. The van der Waals surface area contributed by atoms with E-state index in [1.54, 1.807) is 18.4 Å². The number of methoxy groups -OCH3 is 1. The number of fused-ring (bicyclic) bond motifs is 1. The van der Waals surface area contributed by atoms with Gasteiger partial charge in [0.15, 0.2) is 5.79 Å². The topological polar surface area (TPSA) is 133 Å². The highest BCUT2D eigenvalue weighted by Crippen LogP contribution is 2.37. The molecule has 0 saturated heterocycles. The fourth-order valence-electron chi connectivity index (χ4n) is 4.52. The standard InChI is InChI=1S/C26H29N5O2S.C3H8O2/c1-16-23(25-30-21-8-3-4-9-22(21)34-25)24(29-19-11-10-18(12-19)15-32)31-26(28-16)27-14-17-6-5-7-20(13-17)33-2;1-3(2,4)5/h3-9,13,18-19,32H,10-12,14-15H2,1-2H3,(H2,27,28,29,31);4-5H,1-2H3/t18?,19-;/m0./s1. The number of aryl methyl sites for hydroxylation is 1. The van der Waals surface area contributed by atoms with Gasteiger partial charge in [-0.15, -0.1) is 11.3 Å². The number of hydrogen-bond acceptors (Lipinski definition) is 10. The van der Waals surface area contributed by atoms with Crippen LogP contribution in [0.5, 0.6) is 5.75 Å². The molecule has 1 aliphatic carbocycles. The zero-order valence-electron chi connectivity index (χ0n) is 22.8. The summed E-state index contributed by atoms with van der Waals surface area (Å²) in [6.45, 7) is 5.43. The second-order valence-corrected chi connectivity index (χ2v) is 11.3. The van der Waals surface area contributed by atoms with Crippen molar-refractivity contribution in [3.63, 3.8) is 0 Å². The van der Waals surface area contributed by atoms with Crippen molar-refractivity contribution in [3.8, 4) is 16.3 Å². The summed E-state index contributed by atoms with van der Waals surface area (Å²) >= 11 is 1.66. The number of aliphatic hydroxyl groups excluding tert-OH is 1. The molecule has 1 aliphatic rings. The molecular formula is C29H37N5O4S. The first-order valence-corrected chi connectivity index (χ1v) is 13.9. The fraction of sp³-hybridized carbons (Fsp3) is 0.414. The Bertz CT molecular complexity index is 1350. The molecule has 4 aromatic rings. The summed E-state index contributed by atoms with van der Waals surface area (Å²) in [6.07, 6.45) is 2.97. The lowest BCUT2D eigenvalue weighted by atomic mass is 10.1. The lowest BCUT2D eigenvalue weighted by Gasteiger charge is -2.18. The van der Waals surface area contributed by atoms with Crippen molar-refractivity contribution < 1.29 is 20.1 Å². The molecule has 0 radical (unpaired) electrons. The molecule has 0 spiro atoms. The van der Waals surface area contributed by atoms with E-state index in [9.17, 15) is 5.11 Å². The van der Waals surface area contributed by atoms with E-state index in [1.165, 1.54) is 13.8 Å². The highest BCUT2D eigenvalue weighted by Gasteiger charge is 2.26. The quantitative estimate of drug-likeness (QED) is 0.193. The normalized spacial score (nSPS) is 17.0. The first-order chi connectivity index (χ1) is 18.6. The summed E-state index contributed by atoms with van der Waals surface area (Å²) < 4.78 is 6.48. The van der Waals surface area contributed by atoms with Crippen molar-refractivity contribution in [1.29, 1.82) is 0 Å². The van der Waals surface area contributed by atoms with Crippen LogP contribution in [-0.4, -0.2) is 55.8 Å². The minimum absolute atomic E-state index is 0.235.